The van der Waals surface area contributed by atoms with Crippen molar-refractivity contribution >= 4 is 23.0 Å². The molecule has 1 aliphatic heterocycles. The molecule has 0 bridgehead atoms. The van der Waals surface area contributed by atoms with Crippen molar-refractivity contribution in [1.29, 1.82) is 0 Å². The van der Waals surface area contributed by atoms with E-state index >= 15 is 0 Å². The van der Waals surface area contributed by atoms with E-state index in [1.165, 1.54) is 7.11 Å². The summed E-state index contributed by atoms with van der Waals surface area (Å²) in [7, 11) is 1.35. The zero-order chi connectivity index (χ0) is 16.6. The maximum Gasteiger partial charge on any atom is 0.409 e. The van der Waals surface area contributed by atoms with Crippen molar-refractivity contribution in [2.24, 2.45) is 0 Å². The van der Waals surface area contributed by atoms with Crippen LogP contribution in [0, 0.1) is 13.8 Å². The van der Waals surface area contributed by atoms with E-state index in [2.05, 4.69) is 5.32 Å². The summed E-state index contributed by atoms with van der Waals surface area (Å²) in [6.07, 6.45) is 0.343. The van der Waals surface area contributed by atoms with Gasteiger partial charge in [0.25, 0.3) is 5.91 Å². The normalized spacial score (nSPS) is 17.5. The van der Waals surface area contributed by atoms with Crippen LogP contribution in [0.3, 0.4) is 0 Å². The van der Waals surface area contributed by atoms with Crippen LogP contribution < -0.4 is 5.32 Å². The Labute approximate surface area is 134 Å². The molecule has 1 N–H and O–H groups in total. The smallest absolute Gasteiger partial charge is 0.409 e. The molecule has 0 saturated carbocycles. The molecule has 0 radical (unpaired) electrons. The number of nitrogens with one attached hydrogen (secondary N) is 1. The van der Waals surface area contributed by atoms with Crippen molar-refractivity contribution in [3.63, 3.8) is 0 Å². The highest BCUT2D eigenvalue weighted by atomic mass is 16.5. The van der Waals surface area contributed by atoms with Crippen molar-refractivity contribution in [3.8, 4) is 0 Å². The topological polar surface area (TPSA) is 71.8 Å². The number of hydrogen-bond acceptors (Lipinski definition) is 4. The number of ether oxygens (including phenoxy) is 1. The minimum atomic E-state index is -0.364. The predicted molar refractivity (Wildman–Crippen MR) is 85.5 cm³/mol. The molecule has 1 aromatic heterocycles. The van der Waals surface area contributed by atoms with Crippen LogP contribution in [0.5, 0.6) is 0 Å². The molecule has 3 rings (SSSR count). The lowest BCUT2D eigenvalue weighted by molar-refractivity contribution is 0.0908. The van der Waals surface area contributed by atoms with Gasteiger partial charge in [0, 0.05) is 24.5 Å². The van der Waals surface area contributed by atoms with Gasteiger partial charge in [-0.15, -0.1) is 0 Å². The second-order valence-corrected chi connectivity index (χ2v) is 5.96. The van der Waals surface area contributed by atoms with Gasteiger partial charge in [-0.3, -0.25) is 4.79 Å². The van der Waals surface area contributed by atoms with Crippen LogP contribution in [0.4, 0.5) is 4.79 Å². The van der Waals surface area contributed by atoms with Gasteiger partial charge >= 0.3 is 6.09 Å². The Hall–Kier alpha value is -2.50. The van der Waals surface area contributed by atoms with E-state index in [0.29, 0.717) is 30.9 Å². The van der Waals surface area contributed by atoms with Gasteiger partial charge in [-0.05, 0) is 49.6 Å². The number of carbonyl (C=O) groups excluding carboxylic acids is 2. The van der Waals surface area contributed by atoms with Gasteiger partial charge in [0.15, 0.2) is 5.76 Å². The maximum absolute atomic E-state index is 12.3. The highest BCUT2D eigenvalue weighted by molar-refractivity contribution is 5.96. The molecule has 1 aromatic carbocycles. The van der Waals surface area contributed by atoms with Crippen molar-refractivity contribution in [3.05, 3.63) is 35.1 Å². The third kappa shape index (κ3) is 3.02. The number of aryl methyl sites for hydroxylation is 2. The van der Waals surface area contributed by atoms with Crippen molar-refractivity contribution in [2.75, 3.05) is 20.2 Å². The van der Waals surface area contributed by atoms with Crippen LogP contribution in [0.15, 0.2) is 22.6 Å². The van der Waals surface area contributed by atoms with Crippen LogP contribution in [0.2, 0.25) is 0 Å². The van der Waals surface area contributed by atoms with Gasteiger partial charge in [-0.2, -0.15) is 0 Å². The highest BCUT2D eigenvalue weighted by Gasteiger charge is 2.28. The van der Waals surface area contributed by atoms with E-state index in [1.54, 1.807) is 11.0 Å². The fourth-order valence-electron chi connectivity index (χ4n) is 2.84. The number of fused-ring (bicyclic) bond motifs is 1. The van der Waals surface area contributed by atoms with Gasteiger partial charge in [0.1, 0.15) is 5.58 Å². The summed E-state index contributed by atoms with van der Waals surface area (Å²) in [5.74, 6) is 0.0368. The van der Waals surface area contributed by atoms with Crippen LogP contribution in [0.1, 0.15) is 28.1 Å². The molecular formula is C17H20N2O4. The molecule has 2 amide bonds. The van der Waals surface area contributed by atoms with E-state index in [-0.39, 0.29) is 18.0 Å². The summed E-state index contributed by atoms with van der Waals surface area (Å²) >= 11 is 0. The van der Waals surface area contributed by atoms with Gasteiger partial charge in [-0.1, -0.05) is 0 Å². The van der Waals surface area contributed by atoms with E-state index in [9.17, 15) is 9.59 Å². The fourth-order valence-corrected chi connectivity index (χ4v) is 2.84. The summed E-state index contributed by atoms with van der Waals surface area (Å²) < 4.78 is 10.3. The predicted octanol–water partition coefficient (Wildman–Crippen LogP) is 2.62. The highest BCUT2D eigenvalue weighted by Crippen LogP contribution is 2.23. The molecular weight excluding hydrogens is 296 g/mol. The molecule has 0 unspecified atom stereocenters. The maximum atomic E-state index is 12.3. The number of hydrogen-bond donors (Lipinski definition) is 1. The molecule has 2 aromatic rings. The number of nitrogens with zero attached hydrogens (tertiary/aromatic N) is 1. The fraction of sp³-hybridized carbons (Fsp3) is 0.412. The number of amides is 2. The molecule has 0 aliphatic carbocycles. The molecule has 1 atom stereocenters. The Morgan fingerprint density at radius 2 is 2.00 bits per heavy atom. The minimum absolute atomic E-state index is 0.0849. The quantitative estimate of drug-likeness (QED) is 0.924. The van der Waals surface area contributed by atoms with Crippen LogP contribution in [-0.2, 0) is 4.74 Å². The summed E-state index contributed by atoms with van der Waals surface area (Å²) in [5, 5.41) is 3.83. The zero-order valence-electron chi connectivity index (χ0n) is 13.5. The summed E-state index contributed by atoms with van der Waals surface area (Å²) in [6.45, 7) is 5.07. The van der Waals surface area contributed by atoms with Crippen LogP contribution in [-0.4, -0.2) is 43.1 Å². The Kier molecular flexibility index (Phi) is 3.98. The first-order valence-corrected chi connectivity index (χ1v) is 7.62. The Balaban J connectivity index is 1.70. The number of furan rings is 1. The minimum Gasteiger partial charge on any atom is -0.453 e. The largest absolute Gasteiger partial charge is 0.453 e. The van der Waals surface area contributed by atoms with Crippen molar-refractivity contribution < 1.29 is 18.7 Å². The van der Waals surface area contributed by atoms with Gasteiger partial charge in [-0.25, -0.2) is 4.79 Å². The molecule has 6 heteroatoms. The Bertz CT molecular complexity index is 726. The van der Waals surface area contributed by atoms with E-state index in [1.807, 2.05) is 26.0 Å². The standard InChI is InChI=1S/C17H20N2O4/c1-10-6-12-8-15(23-14(12)7-11(10)2)16(20)18-13-4-5-19(9-13)17(21)22-3/h6-8,13H,4-5,9H2,1-3H3,(H,18,20)/t13-/m1/s1. The molecule has 1 saturated heterocycles. The van der Waals surface area contributed by atoms with Crippen molar-refractivity contribution in [1.82, 2.24) is 10.2 Å². The number of benzene rings is 1. The summed E-state index contributed by atoms with van der Waals surface area (Å²) in [4.78, 5) is 25.4. The number of likely N-dealkylation sites (tertiary alicyclic amines) is 1. The van der Waals surface area contributed by atoms with E-state index in [4.69, 9.17) is 9.15 Å². The SMILES string of the molecule is COC(=O)N1CC[C@@H](NC(=O)c2cc3cc(C)c(C)cc3o2)C1. The molecule has 1 fully saturated rings. The van der Waals surface area contributed by atoms with Gasteiger partial charge < -0.3 is 19.4 Å². The summed E-state index contributed by atoms with van der Waals surface area (Å²) in [5.41, 5.74) is 3.00. The average molecular weight is 316 g/mol. The first kappa shape index (κ1) is 15.4. The number of carbonyl (C=O) groups is 2. The third-order valence-corrected chi connectivity index (χ3v) is 4.31. The van der Waals surface area contributed by atoms with E-state index in [0.717, 1.165) is 16.5 Å². The van der Waals surface area contributed by atoms with Gasteiger partial charge in [0.2, 0.25) is 0 Å². The molecule has 122 valence electrons. The second-order valence-electron chi connectivity index (χ2n) is 5.96. The lowest BCUT2D eigenvalue weighted by atomic mass is 10.1. The third-order valence-electron chi connectivity index (χ3n) is 4.31. The Morgan fingerprint density at radius 1 is 1.26 bits per heavy atom. The lowest BCUT2D eigenvalue weighted by Gasteiger charge is -2.14. The average Bonchev–Trinajstić information content (AvgIpc) is 3.14. The first-order chi connectivity index (χ1) is 11.0. The molecule has 2 heterocycles. The van der Waals surface area contributed by atoms with Crippen LogP contribution >= 0.6 is 0 Å². The summed E-state index contributed by atoms with van der Waals surface area (Å²) in [6, 6.07) is 5.62. The van der Waals surface area contributed by atoms with Gasteiger partial charge in [0.05, 0.1) is 7.11 Å². The molecule has 23 heavy (non-hydrogen) atoms. The number of rotatable bonds is 2. The monoisotopic (exact) mass is 316 g/mol. The van der Waals surface area contributed by atoms with Crippen LogP contribution in [0.25, 0.3) is 11.0 Å². The van der Waals surface area contributed by atoms with E-state index < -0.39 is 0 Å². The molecule has 6 nitrogen and oxygen atoms in total. The Morgan fingerprint density at radius 3 is 2.74 bits per heavy atom. The lowest BCUT2D eigenvalue weighted by Crippen LogP contribution is -2.38. The molecule has 1 aliphatic rings. The zero-order valence-corrected chi connectivity index (χ0v) is 13.5. The van der Waals surface area contributed by atoms with Crippen molar-refractivity contribution in [2.45, 2.75) is 26.3 Å². The second kappa shape index (κ2) is 5.95. The number of methoxy groups -OCH3 is 1. The molecule has 0 spiro atoms. The first-order valence-electron chi connectivity index (χ1n) is 7.62.